The lowest BCUT2D eigenvalue weighted by molar-refractivity contribution is 0.107. The summed E-state index contributed by atoms with van der Waals surface area (Å²) in [6, 6.07) is 25.1. The van der Waals surface area contributed by atoms with E-state index in [-0.39, 0.29) is 11.5 Å². The normalized spacial score (nSPS) is 11.4. The number of oxazole rings is 2. The SMILES string of the molecule is Oc1ccc(-c2nc3cc(COCc4ccc5oc(-c6ccc(O)cc6)nc5c4)ccc3o2)cc1. The average molecular weight is 464 g/mol. The quantitative estimate of drug-likeness (QED) is 0.293. The van der Waals surface area contributed by atoms with Gasteiger partial charge in [-0.25, -0.2) is 9.97 Å². The van der Waals surface area contributed by atoms with E-state index in [2.05, 4.69) is 9.97 Å². The summed E-state index contributed by atoms with van der Waals surface area (Å²) in [5, 5.41) is 18.9. The van der Waals surface area contributed by atoms with Gasteiger partial charge in [-0.3, -0.25) is 0 Å². The average Bonchev–Trinajstić information content (AvgIpc) is 3.48. The van der Waals surface area contributed by atoms with Gasteiger partial charge in [0.15, 0.2) is 11.2 Å². The first kappa shape index (κ1) is 20.9. The minimum absolute atomic E-state index is 0.199. The number of phenols is 2. The van der Waals surface area contributed by atoms with Crippen LogP contribution in [-0.4, -0.2) is 20.2 Å². The molecule has 0 aliphatic heterocycles. The summed E-state index contributed by atoms with van der Waals surface area (Å²) in [7, 11) is 0. The molecule has 0 atom stereocenters. The van der Waals surface area contributed by atoms with Gasteiger partial charge in [-0.1, -0.05) is 12.1 Å². The van der Waals surface area contributed by atoms with Crippen LogP contribution in [0, 0.1) is 0 Å². The molecule has 0 aliphatic carbocycles. The Morgan fingerprint density at radius 1 is 0.571 bits per heavy atom. The molecule has 172 valence electrons. The molecule has 7 nitrogen and oxygen atoms in total. The molecule has 4 aromatic carbocycles. The smallest absolute Gasteiger partial charge is 0.227 e. The van der Waals surface area contributed by atoms with Crippen LogP contribution in [0.2, 0.25) is 0 Å². The number of aromatic hydroxyl groups is 2. The predicted molar refractivity (Wildman–Crippen MR) is 131 cm³/mol. The van der Waals surface area contributed by atoms with E-state index in [1.807, 2.05) is 36.4 Å². The highest BCUT2D eigenvalue weighted by molar-refractivity contribution is 5.78. The van der Waals surface area contributed by atoms with Gasteiger partial charge in [0.1, 0.15) is 22.5 Å². The number of ether oxygens (including phenoxy) is 1. The molecule has 6 rings (SSSR count). The van der Waals surface area contributed by atoms with Gasteiger partial charge in [0, 0.05) is 11.1 Å². The van der Waals surface area contributed by atoms with E-state index in [0.29, 0.717) is 36.2 Å². The molecule has 0 saturated carbocycles. The van der Waals surface area contributed by atoms with Gasteiger partial charge in [0.25, 0.3) is 0 Å². The lowest BCUT2D eigenvalue weighted by Crippen LogP contribution is -1.94. The first-order valence-electron chi connectivity index (χ1n) is 11.1. The van der Waals surface area contributed by atoms with E-state index in [4.69, 9.17) is 13.6 Å². The van der Waals surface area contributed by atoms with E-state index in [1.54, 1.807) is 48.5 Å². The molecule has 0 amide bonds. The van der Waals surface area contributed by atoms with Crippen molar-refractivity contribution in [3.63, 3.8) is 0 Å². The molecule has 2 aromatic heterocycles. The Labute approximate surface area is 199 Å². The van der Waals surface area contributed by atoms with Crippen molar-refractivity contribution in [3.8, 4) is 34.4 Å². The Bertz CT molecular complexity index is 1510. The van der Waals surface area contributed by atoms with Crippen LogP contribution >= 0.6 is 0 Å². The molecular weight excluding hydrogens is 444 g/mol. The zero-order valence-electron chi connectivity index (χ0n) is 18.5. The maximum atomic E-state index is 9.47. The zero-order valence-corrected chi connectivity index (χ0v) is 18.5. The summed E-state index contributed by atoms with van der Waals surface area (Å²) >= 11 is 0. The summed E-state index contributed by atoms with van der Waals surface area (Å²) in [6.07, 6.45) is 0. The number of rotatable bonds is 6. The van der Waals surface area contributed by atoms with Crippen LogP contribution in [0.1, 0.15) is 11.1 Å². The minimum atomic E-state index is 0.199. The fraction of sp³-hybridized carbons (Fsp3) is 0.0714. The monoisotopic (exact) mass is 464 g/mol. The summed E-state index contributed by atoms with van der Waals surface area (Å²) in [6.45, 7) is 0.847. The van der Waals surface area contributed by atoms with Gasteiger partial charge in [-0.2, -0.15) is 0 Å². The Balaban J connectivity index is 1.14. The van der Waals surface area contributed by atoms with E-state index in [0.717, 1.165) is 33.3 Å². The highest BCUT2D eigenvalue weighted by atomic mass is 16.5. The van der Waals surface area contributed by atoms with Gasteiger partial charge in [0.05, 0.1) is 13.2 Å². The second-order valence-corrected chi connectivity index (χ2v) is 8.23. The summed E-state index contributed by atoms with van der Waals surface area (Å²) in [5.41, 5.74) is 6.46. The van der Waals surface area contributed by atoms with Crippen molar-refractivity contribution in [2.45, 2.75) is 13.2 Å². The highest BCUT2D eigenvalue weighted by Crippen LogP contribution is 2.28. The number of hydrogen-bond acceptors (Lipinski definition) is 7. The van der Waals surface area contributed by atoms with Crippen LogP contribution in [0.5, 0.6) is 11.5 Å². The highest BCUT2D eigenvalue weighted by Gasteiger charge is 2.11. The first-order chi connectivity index (χ1) is 17.1. The maximum Gasteiger partial charge on any atom is 0.227 e. The molecule has 0 fully saturated rings. The maximum absolute atomic E-state index is 9.47. The van der Waals surface area contributed by atoms with Gasteiger partial charge in [-0.05, 0) is 83.9 Å². The van der Waals surface area contributed by atoms with Gasteiger partial charge in [-0.15, -0.1) is 0 Å². The molecule has 0 unspecified atom stereocenters. The van der Waals surface area contributed by atoms with Crippen molar-refractivity contribution < 1.29 is 23.8 Å². The number of aromatic nitrogens is 2. The van der Waals surface area contributed by atoms with Crippen molar-refractivity contribution >= 4 is 22.2 Å². The predicted octanol–water partition coefficient (Wildman–Crippen LogP) is 6.43. The van der Waals surface area contributed by atoms with Crippen LogP contribution in [0.3, 0.4) is 0 Å². The fourth-order valence-electron chi connectivity index (χ4n) is 3.87. The van der Waals surface area contributed by atoms with Gasteiger partial charge in [0.2, 0.25) is 11.8 Å². The molecule has 0 bridgehead atoms. The molecule has 7 heteroatoms. The Kier molecular flexibility index (Phi) is 5.16. The van der Waals surface area contributed by atoms with Crippen molar-refractivity contribution in [1.29, 1.82) is 0 Å². The van der Waals surface area contributed by atoms with Crippen molar-refractivity contribution in [1.82, 2.24) is 9.97 Å². The molecule has 6 aromatic rings. The van der Waals surface area contributed by atoms with Gasteiger partial charge < -0.3 is 23.8 Å². The Morgan fingerprint density at radius 2 is 1.00 bits per heavy atom. The molecule has 0 saturated heterocycles. The molecule has 35 heavy (non-hydrogen) atoms. The van der Waals surface area contributed by atoms with Crippen LogP contribution < -0.4 is 0 Å². The second kappa shape index (κ2) is 8.62. The third kappa shape index (κ3) is 4.32. The van der Waals surface area contributed by atoms with Crippen LogP contribution in [0.15, 0.2) is 93.8 Å². The Morgan fingerprint density at radius 3 is 1.43 bits per heavy atom. The lowest BCUT2D eigenvalue weighted by atomic mass is 10.2. The molecule has 2 heterocycles. The standard InChI is InChI=1S/C28H20N2O5/c31-21-7-3-19(4-8-21)27-29-23-13-17(1-11-25(23)34-27)15-33-16-18-2-12-26-24(14-18)30-28(35-26)20-5-9-22(32)10-6-20/h1-14,31-32H,15-16H2. The molecule has 0 radical (unpaired) electrons. The van der Waals surface area contributed by atoms with Crippen LogP contribution in [0.25, 0.3) is 45.1 Å². The summed E-state index contributed by atoms with van der Waals surface area (Å²) in [4.78, 5) is 9.14. The number of benzene rings is 4. The largest absolute Gasteiger partial charge is 0.508 e. The summed E-state index contributed by atoms with van der Waals surface area (Å²) < 4.78 is 17.6. The third-order valence-corrected chi connectivity index (χ3v) is 5.67. The summed E-state index contributed by atoms with van der Waals surface area (Å²) in [5.74, 6) is 1.41. The molecular formula is C28H20N2O5. The van der Waals surface area contributed by atoms with Crippen LogP contribution in [-0.2, 0) is 18.0 Å². The second-order valence-electron chi connectivity index (χ2n) is 8.23. The third-order valence-electron chi connectivity index (χ3n) is 5.67. The van der Waals surface area contributed by atoms with E-state index < -0.39 is 0 Å². The number of phenolic OH excluding ortho intramolecular Hbond substituents is 2. The first-order valence-corrected chi connectivity index (χ1v) is 11.1. The zero-order chi connectivity index (χ0) is 23.8. The van der Waals surface area contributed by atoms with E-state index in [9.17, 15) is 10.2 Å². The fourth-order valence-corrected chi connectivity index (χ4v) is 3.87. The minimum Gasteiger partial charge on any atom is -0.508 e. The van der Waals surface area contributed by atoms with Crippen molar-refractivity contribution in [3.05, 3.63) is 96.1 Å². The van der Waals surface area contributed by atoms with Crippen molar-refractivity contribution in [2.24, 2.45) is 0 Å². The number of nitrogens with zero attached hydrogens (tertiary/aromatic N) is 2. The molecule has 2 N–H and O–H groups in total. The molecule has 0 spiro atoms. The topological polar surface area (TPSA) is 102 Å². The lowest BCUT2D eigenvalue weighted by Gasteiger charge is -2.04. The van der Waals surface area contributed by atoms with Crippen molar-refractivity contribution in [2.75, 3.05) is 0 Å². The van der Waals surface area contributed by atoms with E-state index >= 15 is 0 Å². The van der Waals surface area contributed by atoms with Crippen LogP contribution in [0.4, 0.5) is 0 Å². The Hall–Kier alpha value is -4.62. The number of fused-ring (bicyclic) bond motifs is 2. The number of hydrogen-bond donors (Lipinski definition) is 2. The van der Waals surface area contributed by atoms with Gasteiger partial charge >= 0.3 is 0 Å². The van der Waals surface area contributed by atoms with E-state index in [1.165, 1.54) is 0 Å². The molecule has 0 aliphatic rings.